The Balaban J connectivity index is 2.02. The molecule has 1 aliphatic rings. The highest BCUT2D eigenvalue weighted by Gasteiger charge is 2.27. The fraction of sp³-hybridized carbons (Fsp3) is 0.750. The van der Waals surface area contributed by atoms with E-state index in [4.69, 9.17) is 0 Å². The number of rotatable bonds is 5. The highest BCUT2D eigenvalue weighted by atomic mass is 32.1. The Kier molecular flexibility index (Phi) is 3.42. The van der Waals surface area contributed by atoms with E-state index in [2.05, 4.69) is 36.5 Å². The van der Waals surface area contributed by atoms with Crippen LogP contribution in [-0.4, -0.2) is 11.0 Å². The Labute approximate surface area is 96.1 Å². The van der Waals surface area contributed by atoms with Gasteiger partial charge in [0.05, 0.1) is 6.04 Å². The van der Waals surface area contributed by atoms with Crippen LogP contribution in [0.1, 0.15) is 49.9 Å². The molecule has 1 aromatic rings. The standard InChI is InChI=1S/C12H20N2S/c1-8(2)6-11(14-10-4-5-10)12-13-9(3)7-15-12/h7-8,10-11,14H,4-6H2,1-3H3. The van der Waals surface area contributed by atoms with Gasteiger partial charge >= 0.3 is 0 Å². The molecular weight excluding hydrogens is 204 g/mol. The van der Waals surface area contributed by atoms with Gasteiger partial charge < -0.3 is 5.32 Å². The summed E-state index contributed by atoms with van der Waals surface area (Å²) in [7, 11) is 0. The summed E-state index contributed by atoms with van der Waals surface area (Å²) in [4.78, 5) is 4.60. The van der Waals surface area contributed by atoms with E-state index in [-0.39, 0.29) is 0 Å². The first kappa shape index (κ1) is 11.1. The van der Waals surface area contributed by atoms with E-state index >= 15 is 0 Å². The normalized spacial score (nSPS) is 18.4. The Morgan fingerprint density at radius 2 is 2.27 bits per heavy atom. The molecule has 1 aromatic heterocycles. The van der Waals surface area contributed by atoms with Crippen molar-refractivity contribution < 1.29 is 0 Å². The molecule has 1 unspecified atom stereocenters. The smallest absolute Gasteiger partial charge is 0.110 e. The van der Waals surface area contributed by atoms with Gasteiger partial charge in [0.1, 0.15) is 5.01 Å². The van der Waals surface area contributed by atoms with Crippen LogP contribution in [-0.2, 0) is 0 Å². The zero-order valence-corrected chi connectivity index (χ0v) is 10.6. The predicted molar refractivity (Wildman–Crippen MR) is 65.2 cm³/mol. The number of hydrogen-bond donors (Lipinski definition) is 1. The molecule has 3 heteroatoms. The van der Waals surface area contributed by atoms with Crippen LogP contribution in [0.15, 0.2) is 5.38 Å². The van der Waals surface area contributed by atoms with Gasteiger partial charge in [0.25, 0.3) is 0 Å². The summed E-state index contributed by atoms with van der Waals surface area (Å²) < 4.78 is 0. The summed E-state index contributed by atoms with van der Waals surface area (Å²) in [5, 5.41) is 7.12. The van der Waals surface area contributed by atoms with Crippen molar-refractivity contribution in [3.8, 4) is 0 Å². The van der Waals surface area contributed by atoms with Crippen molar-refractivity contribution in [2.45, 2.75) is 52.1 Å². The summed E-state index contributed by atoms with van der Waals surface area (Å²) in [6, 6.07) is 1.24. The number of aryl methyl sites for hydroxylation is 1. The molecule has 1 N–H and O–H groups in total. The maximum atomic E-state index is 4.60. The third-order valence-electron chi connectivity index (χ3n) is 2.66. The van der Waals surface area contributed by atoms with Gasteiger partial charge in [-0.25, -0.2) is 4.98 Å². The molecule has 15 heavy (non-hydrogen) atoms. The molecule has 0 amide bonds. The van der Waals surface area contributed by atoms with Crippen LogP contribution in [0.3, 0.4) is 0 Å². The quantitative estimate of drug-likeness (QED) is 0.830. The van der Waals surface area contributed by atoms with E-state index in [1.807, 2.05) is 0 Å². The fourth-order valence-electron chi connectivity index (χ4n) is 1.78. The van der Waals surface area contributed by atoms with E-state index in [1.54, 1.807) is 11.3 Å². The largest absolute Gasteiger partial charge is 0.305 e. The third-order valence-corrected chi connectivity index (χ3v) is 3.73. The minimum atomic E-state index is 0.483. The molecule has 0 aromatic carbocycles. The molecule has 0 radical (unpaired) electrons. The Morgan fingerprint density at radius 3 is 2.73 bits per heavy atom. The van der Waals surface area contributed by atoms with Crippen LogP contribution in [0.2, 0.25) is 0 Å². The van der Waals surface area contributed by atoms with Crippen LogP contribution in [0.25, 0.3) is 0 Å². The maximum Gasteiger partial charge on any atom is 0.110 e. The second kappa shape index (κ2) is 4.62. The number of aromatic nitrogens is 1. The first-order valence-electron chi connectivity index (χ1n) is 5.83. The van der Waals surface area contributed by atoms with E-state index < -0.39 is 0 Å². The average Bonchev–Trinajstić information content (AvgIpc) is 2.85. The van der Waals surface area contributed by atoms with Gasteiger partial charge in [0, 0.05) is 17.1 Å². The number of hydrogen-bond acceptors (Lipinski definition) is 3. The highest BCUT2D eigenvalue weighted by molar-refractivity contribution is 7.09. The Bertz CT molecular complexity index is 311. The summed E-state index contributed by atoms with van der Waals surface area (Å²) in [5.41, 5.74) is 1.15. The predicted octanol–water partition coefficient (Wildman–Crippen LogP) is 3.29. The molecule has 0 saturated heterocycles. The van der Waals surface area contributed by atoms with Crippen molar-refractivity contribution in [2.75, 3.05) is 0 Å². The lowest BCUT2D eigenvalue weighted by Crippen LogP contribution is -2.24. The molecule has 2 rings (SSSR count). The number of thiazole rings is 1. The van der Waals surface area contributed by atoms with E-state index in [0.717, 1.165) is 17.7 Å². The molecule has 1 aliphatic carbocycles. The van der Waals surface area contributed by atoms with Gasteiger partial charge in [-0.3, -0.25) is 0 Å². The lowest BCUT2D eigenvalue weighted by atomic mass is 10.0. The number of nitrogens with zero attached hydrogens (tertiary/aromatic N) is 1. The van der Waals surface area contributed by atoms with Crippen molar-refractivity contribution in [1.29, 1.82) is 0 Å². The third kappa shape index (κ3) is 3.28. The molecule has 1 atom stereocenters. The van der Waals surface area contributed by atoms with Crippen LogP contribution in [0.5, 0.6) is 0 Å². The molecule has 1 heterocycles. The van der Waals surface area contributed by atoms with Gasteiger partial charge in [-0.1, -0.05) is 13.8 Å². The fourth-order valence-corrected chi connectivity index (χ4v) is 2.65. The number of nitrogens with one attached hydrogen (secondary N) is 1. The van der Waals surface area contributed by atoms with E-state index in [1.165, 1.54) is 24.3 Å². The zero-order chi connectivity index (χ0) is 10.8. The first-order chi connectivity index (χ1) is 7.15. The van der Waals surface area contributed by atoms with Gasteiger partial charge in [-0.05, 0) is 32.1 Å². The van der Waals surface area contributed by atoms with Gasteiger partial charge in [-0.2, -0.15) is 0 Å². The molecule has 0 spiro atoms. The van der Waals surface area contributed by atoms with Crippen LogP contribution in [0.4, 0.5) is 0 Å². The van der Waals surface area contributed by atoms with Crippen LogP contribution >= 0.6 is 11.3 Å². The monoisotopic (exact) mass is 224 g/mol. The van der Waals surface area contributed by atoms with Crippen molar-refractivity contribution in [2.24, 2.45) is 5.92 Å². The summed E-state index contributed by atoms with van der Waals surface area (Å²) in [6.07, 6.45) is 3.89. The SMILES string of the molecule is Cc1csc(C(CC(C)C)NC2CC2)n1. The zero-order valence-electron chi connectivity index (χ0n) is 9.79. The molecule has 0 aliphatic heterocycles. The van der Waals surface area contributed by atoms with Gasteiger partial charge in [0.2, 0.25) is 0 Å². The minimum absolute atomic E-state index is 0.483. The van der Waals surface area contributed by atoms with Gasteiger partial charge in [-0.15, -0.1) is 11.3 Å². The van der Waals surface area contributed by atoms with Crippen molar-refractivity contribution in [3.05, 3.63) is 16.1 Å². The molecule has 0 bridgehead atoms. The van der Waals surface area contributed by atoms with Crippen molar-refractivity contribution in [1.82, 2.24) is 10.3 Å². The van der Waals surface area contributed by atoms with Gasteiger partial charge in [0.15, 0.2) is 0 Å². The van der Waals surface area contributed by atoms with E-state index in [9.17, 15) is 0 Å². The lowest BCUT2D eigenvalue weighted by Gasteiger charge is -2.18. The van der Waals surface area contributed by atoms with E-state index in [0.29, 0.717) is 6.04 Å². The lowest BCUT2D eigenvalue weighted by molar-refractivity contribution is 0.426. The maximum absolute atomic E-state index is 4.60. The average molecular weight is 224 g/mol. The Hall–Kier alpha value is -0.410. The summed E-state index contributed by atoms with van der Waals surface area (Å²) in [5.74, 6) is 0.727. The first-order valence-corrected chi connectivity index (χ1v) is 6.71. The molecule has 1 fully saturated rings. The summed E-state index contributed by atoms with van der Waals surface area (Å²) >= 11 is 1.80. The van der Waals surface area contributed by atoms with Crippen LogP contribution in [0, 0.1) is 12.8 Å². The minimum Gasteiger partial charge on any atom is -0.305 e. The second-order valence-corrected chi connectivity index (χ2v) is 5.84. The summed E-state index contributed by atoms with van der Waals surface area (Å²) in [6.45, 7) is 6.63. The molecular formula is C12H20N2S. The van der Waals surface area contributed by atoms with Crippen molar-refractivity contribution >= 4 is 11.3 Å². The second-order valence-electron chi connectivity index (χ2n) is 4.95. The molecule has 84 valence electrons. The Morgan fingerprint density at radius 1 is 1.53 bits per heavy atom. The molecule has 2 nitrogen and oxygen atoms in total. The van der Waals surface area contributed by atoms with Crippen LogP contribution < -0.4 is 5.32 Å². The topological polar surface area (TPSA) is 24.9 Å². The highest BCUT2D eigenvalue weighted by Crippen LogP contribution is 2.29. The molecule has 1 saturated carbocycles. The van der Waals surface area contributed by atoms with Crippen molar-refractivity contribution in [3.63, 3.8) is 0 Å².